The number of halogens is 1. The lowest BCUT2D eigenvalue weighted by molar-refractivity contribution is -0.121. The van der Waals surface area contributed by atoms with Gasteiger partial charge in [-0.3, -0.25) is 9.59 Å². The predicted octanol–water partition coefficient (Wildman–Crippen LogP) is 2.83. The maximum absolute atomic E-state index is 12.6. The number of nitrogens with one attached hydrogen (secondary N) is 1. The fraction of sp³-hybridized carbons (Fsp3) is 0.412. The number of rotatable bonds is 5. The van der Waals surface area contributed by atoms with Crippen LogP contribution in [0.25, 0.3) is 0 Å². The first-order valence-corrected chi connectivity index (χ1v) is 9.44. The molecule has 0 saturated carbocycles. The third-order valence-corrected chi connectivity index (χ3v) is 5.36. The summed E-state index contributed by atoms with van der Waals surface area (Å²) in [4.78, 5) is 26.7. The van der Waals surface area contributed by atoms with Gasteiger partial charge in [0, 0.05) is 26.1 Å². The quantitative estimate of drug-likeness (QED) is 0.842. The number of likely N-dealkylation sites (tertiary alicyclic amines) is 1. The second kappa shape index (κ2) is 8.57. The van der Waals surface area contributed by atoms with Gasteiger partial charge in [0.25, 0.3) is 5.91 Å². The first kappa shape index (κ1) is 18.8. The third kappa shape index (κ3) is 4.38. The average Bonchev–Trinajstić information content (AvgIpc) is 3.09. The van der Waals surface area contributed by atoms with Crippen LogP contribution in [-0.2, 0) is 16.1 Å². The van der Waals surface area contributed by atoms with E-state index in [2.05, 4.69) is 15.5 Å². The highest BCUT2D eigenvalue weighted by atomic mass is 35.5. The van der Waals surface area contributed by atoms with Crippen LogP contribution in [-0.4, -0.2) is 47.1 Å². The summed E-state index contributed by atoms with van der Waals surface area (Å²) in [5.41, 5.74) is 0.497. The molecule has 1 saturated heterocycles. The molecule has 9 heteroatoms. The zero-order valence-electron chi connectivity index (χ0n) is 14.3. The summed E-state index contributed by atoms with van der Waals surface area (Å²) in [6, 6.07) is 7.01. The number of ether oxygens (including phenoxy) is 1. The van der Waals surface area contributed by atoms with Crippen LogP contribution in [0.2, 0.25) is 5.02 Å². The number of piperidine rings is 1. The predicted molar refractivity (Wildman–Crippen MR) is 99.3 cm³/mol. The summed E-state index contributed by atoms with van der Waals surface area (Å²) in [5.74, 6) is -0.335. The van der Waals surface area contributed by atoms with E-state index in [4.69, 9.17) is 16.3 Å². The maximum Gasteiger partial charge on any atom is 0.255 e. The Bertz CT molecular complexity index is 790. The molecule has 2 heterocycles. The summed E-state index contributed by atoms with van der Waals surface area (Å²) in [6.07, 6.45) is 1.21. The van der Waals surface area contributed by atoms with Crippen LogP contribution in [0.15, 0.2) is 24.3 Å². The minimum atomic E-state index is -0.153. The molecule has 1 fully saturated rings. The Kier molecular flexibility index (Phi) is 6.18. The Morgan fingerprint density at radius 3 is 2.73 bits per heavy atom. The molecular weight excluding hydrogens is 376 g/mol. The number of anilines is 1. The molecule has 1 aromatic heterocycles. The number of aromatic nitrogens is 2. The summed E-state index contributed by atoms with van der Waals surface area (Å²) in [7, 11) is 1.58. The molecule has 1 aromatic carbocycles. The highest BCUT2D eigenvalue weighted by Crippen LogP contribution is 2.24. The number of carbonyl (C=O) groups is 2. The summed E-state index contributed by atoms with van der Waals surface area (Å²) in [6.45, 7) is 1.41. The fourth-order valence-corrected chi connectivity index (χ4v) is 3.77. The number of nitrogens with zero attached hydrogens (tertiary/aromatic N) is 3. The Morgan fingerprint density at radius 1 is 1.31 bits per heavy atom. The minimum absolute atomic E-state index is 0.0880. The summed E-state index contributed by atoms with van der Waals surface area (Å²) < 4.78 is 4.99. The fourth-order valence-electron chi connectivity index (χ4n) is 2.84. The Labute approximate surface area is 160 Å². The molecule has 0 unspecified atom stereocenters. The second-order valence-corrected chi connectivity index (χ2v) is 7.44. The Hall–Kier alpha value is -2.03. The molecule has 0 bridgehead atoms. The van der Waals surface area contributed by atoms with Gasteiger partial charge in [-0.2, -0.15) is 0 Å². The van der Waals surface area contributed by atoms with Gasteiger partial charge in [-0.1, -0.05) is 35.1 Å². The molecule has 2 amide bonds. The van der Waals surface area contributed by atoms with E-state index in [0.717, 1.165) is 0 Å². The first-order valence-electron chi connectivity index (χ1n) is 8.24. The van der Waals surface area contributed by atoms with Gasteiger partial charge in [-0.25, -0.2) is 0 Å². The van der Waals surface area contributed by atoms with Gasteiger partial charge >= 0.3 is 0 Å². The van der Waals surface area contributed by atoms with E-state index in [1.165, 1.54) is 11.3 Å². The highest BCUT2D eigenvalue weighted by Gasteiger charge is 2.29. The van der Waals surface area contributed by atoms with Gasteiger partial charge in [0.2, 0.25) is 11.0 Å². The van der Waals surface area contributed by atoms with E-state index in [9.17, 15) is 9.59 Å². The minimum Gasteiger partial charge on any atom is -0.377 e. The van der Waals surface area contributed by atoms with Gasteiger partial charge in [0.15, 0.2) is 0 Å². The molecule has 26 heavy (non-hydrogen) atoms. The monoisotopic (exact) mass is 394 g/mol. The standard InChI is InChI=1S/C17H19ClN4O3S/c1-25-10-14-20-21-17(26-14)19-15(23)11-6-8-22(9-7-11)16(24)12-4-2-3-5-13(12)18/h2-5,11H,6-10H2,1H3,(H,19,21,23). The van der Waals surface area contributed by atoms with Crippen LogP contribution in [0.5, 0.6) is 0 Å². The lowest BCUT2D eigenvalue weighted by atomic mass is 9.95. The van der Waals surface area contributed by atoms with Gasteiger partial charge < -0.3 is 15.0 Å². The van der Waals surface area contributed by atoms with E-state index in [0.29, 0.717) is 53.3 Å². The third-order valence-electron chi connectivity index (χ3n) is 4.22. The summed E-state index contributed by atoms with van der Waals surface area (Å²) >= 11 is 7.40. The smallest absolute Gasteiger partial charge is 0.255 e. The van der Waals surface area contributed by atoms with Crippen molar-refractivity contribution in [2.75, 3.05) is 25.5 Å². The van der Waals surface area contributed by atoms with Crippen LogP contribution in [0.1, 0.15) is 28.2 Å². The van der Waals surface area contributed by atoms with Crippen LogP contribution in [0.3, 0.4) is 0 Å². The SMILES string of the molecule is COCc1nnc(NC(=O)C2CCN(C(=O)c3ccccc3Cl)CC2)s1. The molecule has 2 aromatic rings. The van der Waals surface area contributed by atoms with E-state index >= 15 is 0 Å². The van der Waals surface area contributed by atoms with Crippen molar-refractivity contribution >= 4 is 39.9 Å². The number of hydrogen-bond acceptors (Lipinski definition) is 6. The van der Waals surface area contributed by atoms with Crippen molar-refractivity contribution in [1.82, 2.24) is 15.1 Å². The lowest BCUT2D eigenvalue weighted by Crippen LogP contribution is -2.41. The zero-order valence-corrected chi connectivity index (χ0v) is 15.8. The largest absolute Gasteiger partial charge is 0.377 e. The molecule has 1 N–H and O–H groups in total. The molecule has 138 valence electrons. The van der Waals surface area contributed by atoms with Crippen molar-refractivity contribution in [3.63, 3.8) is 0 Å². The average molecular weight is 395 g/mol. The van der Waals surface area contributed by atoms with E-state index < -0.39 is 0 Å². The van der Waals surface area contributed by atoms with Gasteiger partial charge in [-0.15, -0.1) is 10.2 Å². The molecule has 0 atom stereocenters. The normalized spacial score (nSPS) is 15.1. The number of amides is 2. The van der Waals surface area contributed by atoms with Gasteiger partial charge in [-0.05, 0) is 25.0 Å². The van der Waals surface area contributed by atoms with Crippen molar-refractivity contribution < 1.29 is 14.3 Å². The van der Waals surface area contributed by atoms with Crippen molar-refractivity contribution in [2.24, 2.45) is 5.92 Å². The van der Waals surface area contributed by atoms with Crippen molar-refractivity contribution in [1.29, 1.82) is 0 Å². The van der Waals surface area contributed by atoms with E-state index in [1.807, 2.05) is 0 Å². The van der Waals surface area contributed by atoms with Crippen molar-refractivity contribution in [3.05, 3.63) is 39.9 Å². The molecule has 0 radical (unpaired) electrons. The number of methoxy groups -OCH3 is 1. The van der Waals surface area contributed by atoms with Gasteiger partial charge in [0.1, 0.15) is 11.6 Å². The van der Waals surface area contributed by atoms with E-state index in [-0.39, 0.29) is 17.7 Å². The molecule has 1 aliphatic rings. The Balaban J connectivity index is 1.53. The second-order valence-electron chi connectivity index (χ2n) is 5.97. The molecule has 1 aliphatic heterocycles. The number of carbonyl (C=O) groups excluding carboxylic acids is 2. The number of benzene rings is 1. The first-order chi connectivity index (χ1) is 12.6. The van der Waals surface area contributed by atoms with Crippen molar-refractivity contribution in [2.45, 2.75) is 19.4 Å². The Morgan fingerprint density at radius 2 is 2.04 bits per heavy atom. The number of hydrogen-bond donors (Lipinski definition) is 1. The van der Waals surface area contributed by atoms with E-state index in [1.54, 1.807) is 36.3 Å². The van der Waals surface area contributed by atoms with Crippen LogP contribution < -0.4 is 5.32 Å². The molecule has 0 aliphatic carbocycles. The summed E-state index contributed by atoms with van der Waals surface area (Å²) in [5, 5.41) is 12.3. The maximum atomic E-state index is 12.6. The highest BCUT2D eigenvalue weighted by molar-refractivity contribution is 7.15. The molecule has 3 rings (SSSR count). The van der Waals surface area contributed by atoms with Crippen LogP contribution >= 0.6 is 22.9 Å². The zero-order chi connectivity index (χ0) is 18.5. The molecule has 7 nitrogen and oxygen atoms in total. The molecule has 0 spiro atoms. The lowest BCUT2D eigenvalue weighted by Gasteiger charge is -2.31. The van der Waals surface area contributed by atoms with Crippen LogP contribution in [0.4, 0.5) is 5.13 Å². The topological polar surface area (TPSA) is 84.4 Å². The van der Waals surface area contributed by atoms with Crippen molar-refractivity contribution in [3.8, 4) is 0 Å². The van der Waals surface area contributed by atoms with Crippen LogP contribution in [0, 0.1) is 5.92 Å². The molecular formula is C17H19ClN4O3S. The van der Waals surface area contributed by atoms with Gasteiger partial charge in [0.05, 0.1) is 10.6 Å².